The molecule has 7 nitrogen and oxygen atoms in total. The number of hydrogen-bond donors (Lipinski definition) is 0. The Balaban J connectivity index is 0.000000148. The summed E-state index contributed by atoms with van der Waals surface area (Å²) >= 11 is 9.33. The number of hydrogen-bond acceptors (Lipinski definition) is 7. The van der Waals surface area contributed by atoms with Crippen LogP contribution < -0.4 is 24.0 Å². The Labute approximate surface area is 747 Å². The van der Waals surface area contributed by atoms with Gasteiger partial charge in [-0.05, 0) is 224 Å². The minimum Gasteiger partial charge on any atom is -0.457 e. The first-order chi connectivity index (χ1) is 62.7. The fraction of sp³-hybridized carbons (Fsp3) is 0.0339. The average Bonchev–Trinajstić information content (AvgIpc) is 1.55. The van der Waals surface area contributed by atoms with E-state index in [2.05, 4.69) is 426 Å². The van der Waals surface area contributed by atoms with Crippen molar-refractivity contribution in [1.29, 1.82) is 0 Å². The second kappa shape index (κ2) is 29.4. The van der Waals surface area contributed by atoms with Gasteiger partial charge in [-0.2, -0.15) is 0 Å². The van der Waals surface area contributed by atoms with Crippen LogP contribution in [-0.4, -0.2) is 0 Å². The predicted molar refractivity (Wildman–Crippen MR) is 517 cm³/mol. The second-order valence-corrected chi connectivity index (χ2v) is 34.7. The third-order valence-corrected chi connectivity index (χ3v) is 27.5. The van der Waals surface area contributed by atoms with E-state index >= 15 is 0 Å². The van der Waals surface area contributed by atoms with Gasteiger partial charge in [-0.25, -0.2) is 0 Å². The standard InChI is InChI=1S/C74H46N2O3.C32H22O.C12H6BrClO/c1-3-19-47(20-4-1)75(49-37-41-61-57(43-49)53-23-7-9-25-59(53)73(61)63-27-11-15-31-67(63)77-68-32-16-12-28-64(68)73)51-35-39-55-56-40-36-52(46-72(56)79-71(55)45-51)76(48-21-5-2-6-22-48)50-38-42-62-58(44-50)54-24-8-10-26-60(54)74(62)65-29-13-17-33-69(65)78-70-34-18-14-30-66(70)74;1-2-10-22(11-3-1)20-23-18-19-27-25(21-23)24-12-4-5-13-26(24)32(27)28-14-6-8-16-30(28)33-31-17-9-7-15-29(31)32;13-7-1-3-9-10-4-2-8(14)6-12(10)15-11(9)5-7/h1-46H;1-19,21H,20H2;1-6H. The number of nitrogens with zero attached hydrogens (tertiary/aromatic N) is 2. The van der Waals surface area contributed by atoms with Crippen LogP contribution in [-0.2, 0) is 22.7 Å². The maximum absolute atomic E-state index is 7.03. The first-order valence-corrected chi connectivity index (χ1v) is 44.2. The van der Waals surface area contributed by atoms with E-state index in [1.165, 1.54) is 89.0 Å². The van der Waals surface area contributed by atoms with Crippen molar-refractivity contribution in [1.82, 2.24) is 0 Å². The van der Waals surface area contributed by atoms with E-state index in [0.29, 0.717) is 5.02 Å². The monoisotopic (exact) mass is 1710 g/mol. The van der Waals surface area contributed by atoms with Crippen molar-refractivity contribution in [2.45, 2.75) is 22.7 Å². The summed E-state index contributed by atoms with van der Waals surface area (Å²) < 4.78 is 33.4. The van der Waals surface area contributed by atoms with Crippen molar-refractivity contribution < 1.29 is 23.0 Å². The van der Waals surface area contributed by atoms with Crippen LogP contribution in [0.3, 0.4) is 0 Å². The van der Waals surface area contributed by atoms with Crippen molar-refractivity contribution in [2.75, 3.05) is 9.80 Å². The number of para-hydroxylation sites is 8. The molecule has 2 aromatic heterocycles. The van der Waals surface area contributed by atoms with Crippen LogP contribution in [0.25, 0.3) is 77.3 Å². The lowest BCUT2D eigenvalue weighted by Gasteiger charge is -2.39. The third-order valence-electron chi connectivity index (χ3n) is 26.7. The summed E-state index contributed by atoms with van der Waals surface area (Å²) in [5.74, 6) is 5.41. The lowest BCUT2D eigenvalue weighted by Crippen LogP contribution is -2.32. The normalized spacial score (nSPS) is 13.7. The summed E-state index contributed by atoms with van der Waals surface area (Å²) in [6.45, 7) is 0. The van der Waals surface area contributed by atoms with E-state index in [9.17, 15) is 0 Å². The first-order valence-electron chi connectivity index (χ1n) is 43.1. The lowest BCUT2D eigenvalue weighted by molar-refractivity contribution is 0.436. The molecule has 0 saturated carbocycles. The molecule has 3 aliphatic heterocycles. The average molecular weight is 1720 g/mol. The Kier molecular flexibility index (Phi) is 17.2. The van der Waals surface area contributed by atoms with Gasteiger partial charge in [0.25, 0.3) is 0 Å². The summed E-state index contributed by atoms with van der Waals surface area (Å²) in [6, 6.07) is 156. The quantitative estimate of drug-likeness (QED) is 0.150. The number of ether oxygens (including phenoxy) is 3. The Morgan fingerprint density at radius 2 is 0.496 bits per heavy atom. The maximum Gasteiger partial charge on any atom is 0.137 e. The number of anilines is 6. The van der Waals surface area contributed by atoms with E-state index in [0.717, 1.165) is 146 Å². The molecule has 0 bridgehead atoms. The van der Waals surface area contributed by atoms with E-state index in [1.54, 1.807) is 0 Å². The summed E-state index contributed by atoms with van der Waals surface area (Å²) in [5, 5.41) is 5.03. The van der Waals surface area contributed by atoms with Gasteiger partial charge in [-0.15, -0.1) is 0 Å². The zero-order valence-electron chi connectivity index (χ0n) is 68.5. The molecular formula is C118H74BrClN2O5. The SMILES string of the molecule is Clc1ccc2c(c1)oc1cc(Br)ccc12.c1ccc(Cc2ccc3c(c2)-c2ccccc2C32c3ccccc3Oc3ccccc32)cc1.c1ccc(N(c2ccc3c(c2)-c2ccccc2C32c3ccccc3Oc3ccccc32)c2ccc3c(c2)oc2cc(N(c4ccccc4)c4ccc5c(c4)-c4ccccc4C54c5ccccc5Oc5ccccc54)ccc23)cc1. The van der Waals surface area contributed by atoms with Gasteiger partial charge in [0.15, 0.2) is 0 Å². The molecule has 0 fully saturated rings. The highest BCUT2D eigenvalue weighted by Crippen LogP contribution is 2.67. The molecule has 9 heteroatoms. The van der Waals surface area contributed by atoms with Crippen LogP contribution >= 0.6 is 27.5 Å². The van der Waals surface area contributed by atoms with Gasteiger partial charge in [-0.1, -0.05) is 307 Å². The predicted octanol–water partition coefficient (Wildman–Crippen LogP) is 32.2. The molecule has 3 aliphatic carbocycles. The molecule has 127 heavy (non-hydrogen) atoms. The summed E-state index contributed by atoms with van der Waals surface area (Å²) in [5.41, 5.74) is 32.9. The molecule has 3 spiro atoms. The van der Waals surface area contributed by atoms with Crippen molar-refractivity contribution >= 4 is 106 Å². The fourth-order valence-electron chi connectivity index (χ4n) is 21.6. The van der Waals surface area contributed by atoms with Gasteiger partial charge < -0.3 is 32.8 Å². The second-order valence-electron chi connectivity index (χ2n) is 33.4. The molecule has 0 saturated heterocycles. The molecule has 0 radical (unpaired) electrons. The number of fused-ring (bicyclic) bond motifs is 33. The Bertz CT molecular complexity index is 7570. The van der Waals surface area contributed by atoms with Crippen LogP contribution in [0, 0.1) is 0 Å². The molecule has 21 aromatic rings. The molecule has 0 N–H and O–H groups in total. The summed E-state index contributed by atoms with van der Waals surface area (Å²) in [6.07, 6.45) is 0.930. The number of rotatable bonds is 8. The zero-order valence-corrected chi connectivity index (χ0v) is 70.8. The molecule has 5 heterocycles. The molecule has 0 atom stereocenters. The lowest BCUT2D eigenvalue weighted by atomic mass is 9.66. The highest BCUT2D eigenvalue weighted by Gasteiger charge is 2.54. The molecule has 19 aromatic carbocycles. The largest absolute Gasteiger partial charge is 0.457 e. The van der Waals surface area contributed by atoms with E-state index in [4.69, 9.17) is 34.6 Å². The number of furan rings is 2. The highest BCUT2D eigenvalue weighted by molar-refractivity contribution is 9.10. The molecule has 600 valence electrons. The summed E-state index contributed by atoms with van der Waals surface area (Å²) in [7, 11) is 0. The van der Waals surface area contributed by atoms with Crippen LogP contribution in [0.5, 0.6) is 34.5 Å². The van der Waals surface area contributed by atoms with Crippen molar-refractivity contribution in [2.24, 2.45) is 0 Å². The van der Waals surface area contributed by atoms with Gasteiger partial charge in [-0.3, -0.25) is 0 Å². The Morgan fingerprint density at radius 1 is 0.213 bits per heavy atom. The van der Waals surface area contributed by atoms with Crippen molar-refractivity contribution in [3.63, 3.8) is 0 Å². The number of benzene rings is 19. The fourth-order valence-corrected chi connectivity index (χ4v) is 22.1. The Hall–Kier alpha value is -15.5. The minimum atomic E-state index is -0.547. The molecule has 6 aliphatic rings. The van der Waals surface area contributed by atoms with Gasteiger partial charge in [0, 0.05) is 117 Å². The Morgan fingerprint density at radius 3 is 0.890 bits per heavy atom. The van der Waals surface area contributed by atoms with Crippen molar-refractivity contribution in [3.8, 4) is 67.9 Å². The van der Waals surface area contributed by atoms with Gasteiger partial charge >= 0.3 is 0 Å². The molecule has 0 amide bonds. The van der Waals surface area contributed by atoms with Crippen LogP contribution in [0.2, 0.25) is 5.02 Å². The van der Waals surface area contributed by atoms with E-state index < -0.39 is 10.8 Å². The number of halogens is 2. The zero-order chi connectivity index (χ0) is 84.1. The van der Waals surface area contributed by atoms with Crippen LogP contribution in [0.4, 0.5) is 34.1 Å². The minimum absolute atomic E-state index is 0.372. The maximum atomic E-state index is 7.03. The van der Waals surface area contributed by atoms with Crippen LogP contribution in [0.1, 0.15) is 77.9 Å². The highest BCUT2D eigenvalue weighted by atomic mass is 79.9. The first kappa shape index (κ1) is 74.2. The molecule has 27 rings (SSSR count). The molecule has 0 unspecified atom stereocenters. The topological polar surface area (TPSA) is 60.5 Å². The van der Waals surface area contributed by atoms with Gasteiger partial charge in [0.05, 0.1) is 16.2 Å². The van der Waals surface area contributed by atoms with E-state index in [1.807, 2.05) is 36.4 Å². The summed E-state index contributed by atoms with van der Waals surface area (Å²) in [4.78, 5) is 4.70. The van der Waals surface area contributed by atoms with Crippen molar-refractivity contribution in [3.05, 3.63) is 524 Å². The smallest absolute Gasteiger partial charge is 0.137 e. The third kappa shape index (κ3) is 11.4. The van der Waals surface area contributed by atoms with Gasteiger partial charge in [0.2, 0.25) is 0 Å². The van der Waals surface area contributed by atoms with E-state index in [-0.39, 0.29) is 5.41 Å². The molecular weight excluding hydrogens is 1640 g/mol. The van der Waals surface area contributed by atoms with Crippen LogP contribution in [0.15, 0.2) is 450 Å². The van der Waals surface area contributed by atoms with Gasteiger partial charge in [0.1, 0.15) is 56.8 Å².